The summed E-state index contributed by atoms with van der Waals surface area (Å²) >= 11 is 0. The number of carbonyl (C=O) groups is 3. The lowest BCUT2D eigenvalue weighted by Crippen LogP contribution is -2.39. The largest absolute Gasteiger partial charge is 0.462 e. The van der Waals surface area contributed by atoms with Gasteiger partial charge in [-0.25, -0.2) is 4.79 Å². The van der Waals surface area contributed by atoms with Crippen LogP contribution in [0.5, 0.6) is 0 Å². The summed E-state index contributed by atoms with van der Waals surface area (Å²) in [4.78, 5) is 41.1. The van der Waals surface area contributed by atoms with Gasteiger partial charge >= 0.3 is 5.97 Å². The van der Waals surface area contributed by atoms with E-state index in [1.54, 1.807) is 49.6 Å². The zero-order valence-electron chi connectivity index (χ0n) is 14.8. The first-order chi connectivity index (χ1) is 12.5. The molecule has 0 bridgehead atoms. The van der Waals surface area contributed by atoms with Gasteiger partial charge in [0.05, 0.1) is 12.2 Å². The number of hydrogen-bond acceptors (Lipinski definition) is 5. The van der Waals surface area contributed by atoms with Gasteiger partial charge in [0.25, 0.3) is 0 Å². The van der Waals surface area contributed by atoms with Crippen LogP contribution < -0.4 is 10.2 Å². The quantitative estimate of drug-likeness (QED) is 0.767. The Hall–Kier alpha value is -3.22. The number of hydrogen-bond donors (Lipinski definition) is 1. The monoisotopic (exact) mass is 355 g/mol. The second-order valence-corrected chi connectivity index (χ2v) is 5.51. The van der Waals surface area contributed by atoms with E-state index in [9.17, 15) is 14.4 Å². The molecule has 7 nitrogen and oxygen atoms in total. The number of nitrogens with one attached hydrogen (secondary N) is 1. The average molecular weight is 355 g/mol. The maximum Gasteiger partial charge on any atom is 0.338 e. The first-order valence-corrected chi connectivity index (χ1v) is 8.22. The summed E-state index contributed by atoms with van der Waals surface area (Å²) in [5.74, 6) is -0.994. The summed E-state index contributed by atoms with van der Waals surface area (Å²) in [5.41, 5.74) is 1.79. The first-order valence-electron chi connectivity index (χ1n) is 8.22. The molecule has 2 aromatic rings. The molecule has 2 rings (SSSR count). The Balaban J connectivity index is 2.00. The molecule has 0 unspecified atom stereocenters. The van der Waals surface area contributed by atoms with E-state index in [1.165, 1.54) is 11.8 Å². The fraction of sp³-hybridized carbons (Fsp3) is 0.263. The Morgan fingerprint density at radius 3 is 2.46 bits per heavy atom. The van der Waals surface area contributed by atoms with Crippen molar-refractivity contribution in [3.05, 3.63) is 59.9 Å². The Morgan fingerprint density at radius 1 is 1.15 bits per heavy atom. The van der Waals surface area contributed by atoms with E-state index in [-0.39, 0.29) is 25.0 Å². The van der Waals surface area contributed by atoms with Gasteiger partial charge in [0, 0.05) is 31.5 Å². The third-order valence-electron chi connectivity index (χ3n) is 3.58. The molecule has 1 N–H and O–H groups in total. The van der Waals surface area contributed by atoms with Crippen molar-refractivity contribution in [2.45, 2.75) is 20.4 Å². The second-order valence-electron chi connectivity index (χ2n) is 5.51. The maximum absolute atomic E-state index is 12.2. The third-order valence-corrected chi connectivity index (χ3v) is 3.58. The molecular weight excluding hydrogens is 334 g/mol. The summed E-state index contributed by atoms with van der Waals surface area (Å²) in [6.45, 7) is 3.62. The summed E-state index contributed by atoms with van der Waals surface area (Å²) < 4.78 is 4.93. The fourth-order valence-corrected chi connectivity index (χ4v) is 2.28. The number of amides is 2. The molecule has 0 saturated heterocycles. The number of rotatable bonds is 7. The van der Waals surface area contributed by atoms with E-state index in [1.807, 2.05) is 6.07 Å². The van der Waals surface area contributed by atoms with Crippen molar-refractivity contribution in [1.29, 1.82) is 0 Å². The number of nitrogens with zero attached hydrogens (tertiary/aromatic N) is 2. The SMILES string of the molecule is CCOC(=O)c1ccc(N(CC(=O)NCc2cccnc2)C(C)=O)cc1. The van der Waals surface area contributed by atoms with Crippen molar-refractivity contribution in [3.8, 4) is 0 Å². The van der Waals surface area contributed by atoms with Gasteiger partial charge in [0.1, 0.15) is 6.54 Å². The zero-order chi connectivity index (χ0) is 18.9. The number of benzene rings is 1. The van der Waals surface area contributed by atoms with Crippen LogP contribution in [0.15, 0.2) is 48.8 Å². The van der Waals surface area contributed by atoms with Gasteiger partial charge in [-0.05, 0) is 42.8 Å². The highest BCUT2D eigenvalue weighted by atomic mass is 16.5. The van der Waals surface area contributed by atoms with E-state index in [0.717, 1.165) is 5.56 Å². The van der Waals surface area contributed by atoms with Crippen molar-refractivity contribution in [1.82, 2.24) is 10.3 Å². The van der Waals surface area contributed by atoms with Crippen molar-refractivity contribution < 1.29 is 19.1 Å². The molecule has 0 aliphatic carbocycles. The van der Waals surface area contributed by atoms with Crippen molar-refractivity contribution >= 4 is 23.5 Å². The van der Waals surface area contributed by atoms with E-state index in [0.29, 0.717) is 17.8 Å². The standard InChI is InChI=1S/C19H21N3O4/c1-3-26-19(25)16-6-8-17(9-7-16)22(14(2)23)13-18(24)21-12-15-5-4-10-20-11-15/h4-11H,3,12-13H2,1-2H3,(H,21,24). The molecule has 0 radical (unpaired) electrons. The van der Waals surface area contributed by atoms with Crippen molar-refractivity contribution in [2.75, 3.05) is 18.1 Å². The normalized spacial score (nSPS) is 10.1. The number of aromatic nitrogens is 1. The molecule has 136 valence electrons. The summed E-state index contributed by atoms with van der Waals surface area (Å²) in [7, 11) is 0. The van der Waals surface area contributed by atoms with Crippen LogP contribution in [0.25, 0.3) is 0 Å². The average Bonchev–Trinajstić information content (AvgIpc) is 2.65. The molecule has 0 aliphatic rings. The van der Waals surface area contributed by atoms with E-state index < -0.39 is 5.97 Å². The molecule has 1 aromatic heterocycles. The fourth-order valence-electron chi connectivity index (χ4n) is 2.28. The number of esters is 1. The lowest BCUT2D eigenvalue weighted by molar-refractivity contribution is -0.123. The van der Waals surface area contributed by atoms with E-state index in [4.69, 9.17) is 4.74 Å². The van der Waals surface area contributed by atoms with Crippen LogP contribution >= 0.6 is 0 Å². The summed E-state index contributed by atoms with van der Waals surface area (Å²) in [6.07, 6.45) is 3.32. The highest BCUT2D eigenvalue weighted by molar-refractivity contribution is 5.98. The van der Waals surface area contributed by atoms with Gasteiger partial charge in [-0.3, -0.25) is 14.6 Å². The molecule has 0 atom stereocenters. The predicted molar refractivity (Wildman–Crippen MR) is 96.5 cm³/mol. The minimum absolute atomic E-state index is 0.117. The molecule has 1 heterocycles. The van der Waals surface area contributed by atoms with Crippen molar-refractivity contribution in [3.63, 3.8) is 0 Å². The lowest BCUT2D eigenvalue weighted by atomic mass is 10.2. The van der Waals surface area contributed by atoms with Gasteiger partial charge in [-0.2, -0.15) is 0 Å². The van der Waals surface area contributed by atoms with Gasteiger partial charge in [0.2, 0.25) is 11.8 Å². The Kier molecular flexibility index (Phi) is 6.84. The number of anilines is 1. The smallest absolute Gasteiger partial charge is 0.338 e. The maximum atomic E-state index is 12.2. The van der Waals surface area contributed by atoms with Crippen LogP contribution in [0.4, 0.5) is 5.69 Å². The number of carbonyl (C=O) groups excluding carboxylic acids is 3. The van der Waals surface area contributed by atoms with Gasteiger partial charge in [-0.1, -0.05) is 6.07 Å². The molecule has 0 fully saturated rings. The first kappa shape index (κ1) is 19.1. The molecule has 1 aromatic carbocycles. The second kappa shape index (κ2) is 9.31. The predicted octanol–water partition coefficient (Wildman–Crippen LogP) is 1.93. The van der Waals surface area contributed by atoms with E-state index in [2.05, 4.69) is 10.3 Å². The van der Waals surface area contributed by atoms with Crippen LogP contribution in [-0.2, 0) is 20.9 Å². The molecule has 2 amide bonds. The molecular formula is C19H21N3O4. The van der Waals surface area contributed by atoms with E-state index >= 15 is 0 Å². The highest BCUT2D eigenvalue weighted by Crippen LogP contribution is 2.16. The van der Waals surface area contributed by atoms with Crippen LogP contribution in [0, 0.1) is 0 Å². The summed E-state index contributed by atoms with van der Waals surface area (Å²) in [5, 5.41) is 2.75. The molecule has 26 heavy (non-hydrogen) atoms. The minimum atomic E-state index is -0.428. The molecule has 0 spiro atoms. The minimum Gasteiger partial charge on any atom is -0.462 e. The number of pyridine rings is 1. The lowest BCUT2D eigenvalue weighted by Gasteiger charge is -2.21. The molecule has 0 saturated carbocycles. The molecule has 0 aliphatic heterocycles. The number of ether oxygens (including phenoxy) is 1. The summed E-state index contributed by atoms with van der Waals surface area (Å²) in [6, 6.07) is 10.00. The Morgan fingerprint density at radius 2 is 1.88 bits per heavy atom. The van der Waals surface area contributed by atoms with Crippen LogP contribution in [-0.4, -0.2) is 35.9 Å². The highest BCUT2D eigenvalue weighted by Gasteiger charge is 2.16. The van der Waals surface area contributed by atoms with Crippen molar-refractivity contribution in [2.24, 2.45) is 0 Å². The Labute approximate surface area is 152 Å². The van der Waals surface area contributed by atoms with Gasteiger partial charge in [0.15, 0.2) is 0 Å². The Bertz CT molecular complexity index is 760. The van der Waals surface area contributed by atoms with Crippen LogP contribution in [0.1, 0.15) is 29.8 Å². The van der Waals surface area contributed by atoms with Crippen LogP contribution in [0.2, 0.25) is 0 Å². The van der Waals surface area contributed by atoms with Crippen LogP contribution in [0.3, 0.4) is 0 Å². The topological polar surface area (TPSA) is 88.6 Å². The third kappa shape index (κ3) is 5.41. The van der Waals surface area contributed by atoms with Gasteiger partial charge in [-0.15, -0.1) is 0 Å². The van der Waals surface area contributed by atoms with Gasteiger partial charge < -0.3 is 15.0 Å². The zero-order valence-corrected chi connectivity index (χ0v) is 14.8. The molecule has 7 heteroatoms.